The Hall–Kier alpha value is -0.120. The minimum Gasteiger partial charge on any atom is -0.396 e. The van der Waals surface area contributed by atoms with Crippen molar-refractivity contribution in [2.45, 2.75) is 59.8 Å². The van der Waals surface area contributed by atoms with Gasteiger partial charge in [-0.3, -0.25) is 0 Å². The summed E-state index contributed by atoms with van der Waals surface area (Å²) in [6.07, 6.45) is 5.37. The molecule has 0 spiro atoms. The monoisotopic (exact) mass is 236 g/mol. The molecule has 0 aliphatic rings. The second kappa shape index (κ2) is 24.2. The summed E-state index contributed by atoms with van der Waals surface area (Å²) < 4.78 is 0. The summed E-state index contributed by atoms with van der Waals surface area (Å²) >= 11 is 0. The van der Waals surface area contributed by atoms with Gasteiger partial charge in [-0.25, -0.2) is 0 Å². The van der Waals surface area contributed by atoms with Crippen molar-refractivity contribution < 1.29 is 15.3 Å². The Labute approximate surface area is 102 Å². The van der Waals surface area contributed by atoms with Gasteiger partial charge >= 0.3 is 0 Å². The second-order valence-corrected chi connectivity index (χ2v) is 4.08. The largest absolute Gasteiger partial charge is 0.396 e. The lowest BCUT2D eigenvalue weighted by molar-refractivity contribution is 0.248. The molecule has 0 aliphatic heterocycles. The van der Waals surface area contributed by atoms with Crippen LogP contribution >= 0.6 is 0 Å². The molecule has 0 rings (SSSR count). The molecule has 3 heteroatoms. The highest BCUT2D eigenvalue weighted by Gasteiger charge is 1.81. The van der Waals surface area contributed by atoms with E-state index < -0.39 is 0 Å². The molecule has 0 amide bonds. The van der Waals surface area contributed by atoms with Crippen molar-refractivity contribution in [1.29, 1.82) is 0 Å². The Kier molecular flexibility index (Phi) is 32.1. The molecule has 102 valence electrons. The molecule has 0 aromatic carbocycles. The minimum absolute atomic E-state index is 0.306. The van der Waals surface area contributed by atoms with E-state index in [1.807, 2.05) is 13.8 Å². The van der Waals surface area contributed by atoms with E-state index in [9.17, 15) is 0 Å². The van der Waals surface area contributed by atoms with Gasteiger partial charge in [0.2, 0.25) is 0 Å². The van der Waals surface area contributed by atoms with Crippen LogP contribution in [0.25, 0.3) is 0 Å². The summed E-state index contributed by atoms with van der Waals surface area (Å²) in [5.74, 6) is 0.440. The fraction of sp³-hybridized carbons (Fsp3) is 1.00. The average Bonchev–Trinajstić information content (AvgIpc) is 2.29. The molecule has 0 radical (unpaired) electrons. The summed E-state index contributed by atoms with van der Waals surface area (Å²) in [5, 5.41) is 24.4. The smallest absolute Gasteiger partial charge is 0.0453 e. The van der Waals surface area contributed by atoms with Crippen LogP contribution in [0.2, 0.25) is 0 Å². The first-order valence-electron chi connectivity index (χ1n) is 6.43. The number of aliphatic hydroxyl groups excluding tert-OH is 3. The van der Waals surface area contributed by atoms with Crippen LogP contribution in [-0.4, -0.2) is 35.1 Å². The Morgan fingerprint density at radius 2 is 1.12 bits per heavy atom. The van der Waals surface area contributed by atoms with Crippen LogP contribution in [-0.2, 0) is 0 Å². The number of hydrogen-bond donors (Lipinski definition) is 3. The molecule has 0 aliphatic carbocycles. The third kappa shape index (κ3) is 48.6. The van der Waals surface area contributed by atoms with Gasteiger partial charge in [-0.15, -0.1) is 0 Å². The molecule has 0 atom stereocenters. The summed E-state index contributed by atoms with van der Waals surface area (Å²) in [7, 11) is 0. The number of rotatable bonds is 6. The van der Waals surface area contributed by atoms with E-state index >= 15 is 0 Å². The Bertz CT molecular complexity index is 79.2. The van der Waals surface area contributed by atoms with Crippen molar-refractivity contribution in [3.05, 3.63) is 0 Å². The molecule has 0 aromatic heterocycles. The van der Waals surface area contributed by atoms with Crippen molar-refractivity contribution in [2.24, 2.45) is 5.92 Å². The van der Waals surface area contributed by atoms with Crippen LogP contribution in [0.5, 0.6) is 0 Å². The predicted molar refractivity (Wildman–Crippen MR) is 70.5 cm³/mol. The van der Waals surface area contributed by atoms with Crippen LogP contribution < -0.4 is 0 Å². The van der Waals surface area contributed by atoms with E-state index in [0.29, 0.717) is 25.7 Å². The zero-order valence-electron chi connectivity index (χ0n) is 11.6. The first-order chi connectivity index (χ1) is 7.60. The first-order valence-corrected chi connectivity index (χ1v) is 6.43. The molecule has 0 aromatic rings. The lowest BCUT2D eigenvalue weighted by atomic mass is 10.2. The maximum Gasteiger partial charge on any atom is 0.0453 e. The van der Waals surface area contributed by atoms with Gasteiger partial charge in [0.15, 0.2) is 0 Å². The van der Waals surface area contributed by atoms with Crippen molar-refractivity contribution in [2.75, 3.05) is 19.8 Å². The molecule has 0 unspecified atom stereocenters. The Balaban J connectivity index is -0.000000160. The van der Waals surface area contributed by atoms with Gasteiger partial charge in [0, 0.05) is 19.8 Å². The standard InChI is InChI=1S/C5H12O.2C4H10O/c1-2-3-4-5-6;1-4(2)3-5;1-2-3-4-5/h6H,2-5H2,1H3;4-5H,3H2,1-2H3;5H,2-4H2,1H3. The van der Waals surface area contributed by atoms with Crippen LogP contribution in [0.1, 0.15) is 59.8 Å². The van der Waals surface area contributed by atoms with Crippen molar-refractivity contribution in [1.82, 2.24) is 0 Å². The van der Waals surface area contributed by atoms with Crippen molar-refractivity contribution in [3.8, 4) is 0 Å². The fourth-order valence-electron chi connectivity index (χ4n) is 0.520. The van der Waals surface area contributed by atoms with E-state index in [-0.39, 0.29) is 0 Å². The third-order valence-corrected chi connectivity index (χ3v) is 1.64. The minimum atomic E-state index is 0.306. The van der Waals surface area contributed by atoms with E-state index in [1.54, 1.807) is 0 Å². The summed E-state index contributed by atoms with van der Waals surface area (Å²) in [4.78, 5) is 0. The van der Waals surface area contributed by atoms with Gasteiger partial charge in [-0.1, -0.05) is 47.0 Å². The molecule has 0 bridgehead atoms. The highest BCUT2D eigenvalue weighted by atomic mass is 16.3. The van der Waals surface area contributed by atoms with Crippen LogP contribution in [0, 0.1) is 5.92 Å². The van der Waals surface area contributed by atoms with E-state index in [0.717, 1.165) is 25.7 Å². The fourth-order valence-corrected chi connectivity index (χ4v) is 0.520. The van der Waals surface area contributed by atoms with Crippen LogP contribution in [0.3, 0.4) is 0 Å². The second-order valence-electron chi connectivity index (χ2n) is 4.08. The maximum atomic E-state index is 8.20. The van der Waals surface area contributed by atoms with Gasteiger partial charge in [-0.2, -0.15) is 0 Å². The number of aliphatic hydroxyl groups is 3. The van der Waals surface area contributed by atoms with Gasteiger partial charge in [-0.05, 0) is 18.8 Å². The lowest BCUT2D eigenvalue weighted by Gasteiger charge is -1.90. The third-order valence-electron chi connectivity index (χ3n) is 1.64. The summed E-state index contributed by atoms with van der Waals surface area (Å²) in [6.45, 7) is 9.12. The molecule has 3 N–H and O–H groups in total. The van der Waals surface area contributed by atoms with E-state index in [1.165, 1.54) is 6.42 Å². The van der Waals surface area contributed by atoms with Crippen LogP contribution in [0.15, 0.2) is 0 Å². The Morgan fingerprint density at radius 1 is 0.750 bits per heavy atom. The van der Waals surface area contributed by atoms with Crippen molar-refractivity contribution >= 4 is 0 Å². The molecule has 0 saturated heterocycles. The molecular formula is C13H32O3. The molecular weight excluding hydrogens is 204 g/mol. The average molecular weight is 236 g/mol. The normalized spacial score (nSPS) is 9.00. The number of unbranched alkanes of at least 4 members (excludes halogenated alkanes) is 3. The topological polar surface area (TPSA) is 60.7 Å². The molecule has 0 fully saturated rings. The lowest BCUT2D eigenvalue weighted by Crippen LogP contribution is -1.90. The molecule has 0 saturated carbocycles. The number of hydrogen-bond acceptors (Lipinski definition) is 3. The summed E-state index contributed by atoms with van der Waals surface area (Å²) in [6, 6.07) is 0. The SMILES string of the molecule is CC(C)CO.CCCCCO.CCCCO. The van der Waals surface area contributed by atoms with Crippen molar-refractivity contribution in [3.63, 3.8) is 0 Å². The van der Waals surface area contributed by atoms with E-state index in [2.05, 4.69) is 13.8 Å². The summed E-state index contributed by atoms with van der Waals surface area (Å²) in [5.41, 5.74) is 0. The molecule has 3 nitrogen and oxygen atoms in total. The van der Waals surface area contributed by atoms with Gasteiger partial charge in [0.05, 0.1) is 0 Å². The maximum absolute atomic E-state index is 8.20. The quantitative estimate of drug-likeness (QED) is 0.621. The van der Waals surface area contributed by atoms with Gasteiger partial charge in [0.1, 0.15) is 0 Å². The van der Waals surface area contributed by atoms with Crippen LogP contribution in [0.4, 0.5) is 0 Å². The zero-order chi connectivity index (χ0) is 13.2. The van der Waals surface area contributed by atoms with E-state index in [4.69, 9.17) is 15.3 Å². The van der Waals surface area contributed by atoms with Gasteiger partial charge < -0.3 is 15.3 Å². The highest BCUT2D eigenvalue weighted by Crippen LogP contribution is 1.89. The zero-order valence-corrected chi connectivity index (χ0v) is 11.6. The predicted octanol–water partition coefficient (Wildman–Crippen LogP) is 2.58. The Morgan fingerprint density at radius 3 is 1.19 bits per heavy atom. The molecule has 16 heavy (non-hydrogen) atoms. The molecule has 0 heterocycles. The highest BCUT2D eigenvalue weighted by molar-refractivity contribution is 4.32. The first kappa shape index (κ1) is 21.2. The van der Waals surface area contributed by atoms with Gasteiger partial charge in [0.25, 0.3) is 0 Å².